The van der Waals surface area contributed by atoms with Crippen LogP contribution in [0.25, 0.3) is 0 Å². The molecule has 1 atom stereocenters. The normalized spacial score (nSPS) is 17.1. The molecule has 2 N–H and O–H groups in total. The van der Waals surface area contributed by atoms with Crippen molar-refractivity contribution in [2.45, 2.75) is 45.1 Å². The number of aliphatic hydroxyl groups excluding tert-OH is 1. The lowest BCUT2D eigenvalue weighted by atomic mass is 10.0. The van der Waals surface area contributed by atoms with Crippen LogP contribution >= 0.6 is 0 Å². The molecule has 1 amide bonds. The average Bonchev–Trinajstić information content (AvgIpc) is 3.07. The van der Waals surface area contributed by atoms with E-state index in [9.17, 15) is 9.90 Å². The van der Waals surface area contributed by atoms with Crippen molar-refractivity contribution in [2.75, 3.05) is 13.7 Å². The van der Waals surface area contributed by atoms with E-state index in [-0.39, 0.29) is 5.91 Å². The van der Waals surface area contributed by atoms with E-state index in [1.807, 2.05) is 31.2 Å². The quantitative estimate of drug-likeness (QED) is 0.760. The van der Waals surface area contributed by atoms with Crippen molar-refractivity contribution >= 4 is 5.91 Å². The molecule has 0 aliphatic heterocycles. The second-order valence-electron chi connectivity index (χ2n) is 6.34. The number of carbonyl (C=O) groups excluding carboxylic acids is 1. The van der Waals surface area contributed by atoms with Crippen molar-refractivity contribution in [1.82, 2.24) is 5.32 Å². The molecule has 2 rings (SSSR count). The maximum absolute atomic E-state index is 12.0. The highest BCUT2D eigenvalue weighted by Gasteiger charge is 2.23. The van der Waals surface area contributed by atoms with Crippen LogP contribution in [0.1, 0.15) is 38.2 Å². The number of methoxy groups -OCH3 is 1. The number of para-hydroxylation sites is 1. The Bertz CT molecular complexity index is 547. The summed E-state index contributed by atoms with van der Waals surface area (Å²) in [5.74, 6) is 1.03. The van der Waals surface area contributed by atoms with Crippen molar-refractivity contribution < 1.29 is 14.6 Å². The van der Waals surface area contributed by atoms with Gasteiger partial charge in [-0.2, -0.15) is 0 Å². The Morgan fingerprint density at radius 2 is 2.09 bits per heavy atom. The summed E-state index contributed by atoms with van der Waals surface area (Å²) < 4.78 is 5.33. The Morgan fingerprint density at radius 1 is 1.39 bits per heavy atom. The number of amides is 1. The Balaban J connectivity index is 1.83. The smallest absolute Gasteiger partial charge is 0.244 e. The third kappa shape index (κ3) is 5.39. The van der Waals surface area contributed by atoms with Crippen molar-refractivity contribution in [1.29, 1.82) is 0 Å². The van der Waals surface area contributed by atoms with Crippen molar-refractivity contribution in [3.63, 3.8) is 0 Å². The van der Waals surface area contributed by atoms with Crippen molar-refractivity contribution in [2.24, 2.45) is 5.92 Å². The zero-order valence-corrected chi connectivity index (χ0v) is 14.0. The third-order valence-corrected chi connectivity index (χ3v) is 4.47. The average molecular weight is 317 g/mol. The molecule has 1 aliphatic rings. The van der Waals surface area contributed by atoms with Gasteiger partial charge >= 0.3 is 0 Å². The van der Waals surface area contributed by atoms with Gasteiger partial charge in [0.15, 0.2) is 0 Å². The van der Waals surface area contributed by atoms with E-state index in [1.165, 1.54) is 12.8 Å². The molecular weight excluding hydrogens is 290 g/mol. The van der Waals surface area contributed by atoms with Crippen LogP contribution in [0.5, 0.6) is 5.75 Å². The molecule has 0 aromatic heterocycles. The number of nitrogens with one attached hydrogen (secondary N) is 1. The first-order chi connectivity index (χ1) is 11.1. The molecule has 1 aromatic carbocycles. The fourth-order valence-corrected chi connectivity index (χ4v) is 3.19. The first kappa shape index (κ1) is 17.5. The van der Waals surface area contributed by atoms with Gasteiger partial charge in [0.2, 0.25) is 5.91 Å². The van der Waals surface area contributed by atoms with E-state index in [4.69, 9.17) is 4.74 Å². The number of rotatable bonds is 7. The van der Waals surface area contributed by atoms with Gasteiger partial charge in [0.05, 0.1) is 13.2 Å². The summed E-state index contributed by atoms with van der Waals surface area (Å²) in [6.07, 6.45) is 6.36. The Kier molecular flexibility index (Phi) is 6.66. The Morgan fingerprint density at radius 3 is 2.78 bits per heavy atom. The molecule has 0 spiro atoms. The van der Waals surface area contributed by atoms with E-state index in [0.717, 1.165) is 29.7 Å². The van der Waals surface area contributed by atoms with Crippen LogP contribution in [-0.2, 0) is 11.2 Å². The number of benzene rings is 1. The minimum absolute atomic E-state index is 0.144. The minimum Gasteiger partial charge on any atom is -0.496 e. The van der Waals surface area contributed by atoms with Crippen LogP contribution in [0.2, 0.25) is 0 Å². The summed E-state index contributed by atoms with van der Waals surface area (Å²) >= 11 is 0. The van der Waals surface area contributed by atoms with Gasteiger partial charge < -0.3 is 15.2 Å². The van der Waals surface area contributed by atoms with Crippen LogP contribution < -0.4 is 10.1 Å². The summed E-state index contributed by atoms with van der Waals surface area (Å²) in [4.78, 5) is 12.0. The molecule has 1 fully saturated rings. The van der Waals surface area contributed by atoms with Crippen LogP contribution in [0.15, 0.2) is 35.9 Å². The molecule has 4 nitrogen and oxygen atoms in total. The summed E-state index contributed by atoms with van der Waals surface area (Å²) in [5, 5.41) is 12.9. The standard InChI is InChI=1S/C19H27NO3/c1-14(11-16-9-5-6-10-18(16)23-2)12-19(22)20-13-17(21)15-7-3-4-8-15/h5-6,9-10,12,15,17,21H,3-4,7-8,11,13H2,1-2H3,(H,20,22)/b14-12+. The largest absolute Gasteiger partial charge is 0.496 e. The Labute approximate surface area is 138 Å². The van der Waals surface area contributed by atoms with Crippen LogP contribution in [0.3, 0.4) is 0 Å². The molecule has 1 saturated carbocycles. The van der Waals surface area contributed by atoms with Gasteiger partial charge in [-0.05, 0) is 43.7 Å². The van der Waals surface area contributed by atoms with Crippen molar-refractivity contribution in [3.8, 4) is 5.75 Å². The molecule has 0 heterocycles. The molecule has 1 unspecified atom stereocenters. The van der Waals surface area contributed by atoms with Gasteiger partial charge in [-0.25, -0.2) is 0 Å². The highest BCUT2D eigenvalue weighted by atomic mass is 16.5. The molecule has 126 valence electrons. The minimum atomic E-state index is -0.427. The lowest BCUT2D eigenvalue weighted by Gasteiger charge is -2.17. The van der Waals surface area contributed by atoms with E-state index in [2.05, 4.69) is 5.32 Å². The third-order valence-electron chi connectivity index (χ3n) is 4.47. The second kappa shape index (κ2) is 8.73. The zero-order valence-electron chi connectivity index (χ0n) is 14.0. The monoisotopic (exact) mass is 317 g/mol. The van der Waals surface area contributed by atoms with Crippen LogP contribution in [0.4, 0.5) is 0 Å². The molecule has 23 heavy (non-hydrogen) atoms. The molecule has 0 radical (unpaired) electrons. The fourth-order valence-electron chi connectivity index (χ4n) is 3.19. The molecule has 0 saturated heterocycles. The first-order valence-electron chi connectivity index (χ1n) is 8.35. The summed E-state index contributed by atoms with van der Waals surface area (Å²) in [6.45, 7) is 2.27. The van der Waals surface area contributed by atoms with Gasteiger partial charge in [0, 0.05) is 12.6 Å². The number of ether oxygens (including phenoxy) is 1. The van der Waals surface area contributed by atoms with E-state index in [1.54, 1.807) is 13.2 Å². The summed E-state index contributed by atoms with van der Waals surface area (Å²) in [6, 6.07) is 7.81. The number of aliphatic hydroxyl groups is 1. The fraction of sp³-hybridized carbons (Fsp3) is 0.526. The van der Waals surface area contributed by atoms with Gasteiger partial charge in [-0.1, -0.05) is 36.6 Å². The summed E-state index contributed by atoms with van der Waals surface area (Å²) in [5.41, 5.74) is 2.02. The predicted octanol–water partition coefficient (Wildman–Crippen LogP) is 2.85. The number of allylic oxidation sites excluding steroid dienone is 1. The number of carbonyl (C=O) groups is 1. The maximum Gasteiger partial charge on any atom is 0.244 e. The van der Waals surface area contributed by atoms with Gasteiger partial charge in [0.1, 0.15) is 5.75 Å². The number of hydrogen-bond acceptors (Lipinski definition) is 3. The van der Waals surface area contributed by atoms with E-state index in [0.29, 0.717) is 18.9 Å². The van der Waals surface area contributed by atoms with Crippen molar-refractivity contribution in [3.05, 3.63) is 41.5 Å². The SMILES string of the molecule is COc1ccccc1C/C(C)=C/C(=O)NCC(O)C1CCCC1. The first-order valence-corrected chi connectivity index (χ1v) is 8.35. The Hall–Kier alpha value is -1.81. The molecule has 4 heteroatoms. The maximum atomic E-state index is 12.0. The lowest BCUT2D eigenvalue weighted by Crippen LogP contribution is -2.34. The molecule has 0 bridgehead atoms. The zero-order chi connectivity index (χ0) is 16.7. The highest BCUT2D eigenvalue weighted by molar-refractivity contribution is 5.88. The predicted molar refractivity (Wildman–Crippen MR) is 91.4 cm³/mol. The van der Waals surface area contributed by atoms with E-state index < -0.39 is 6.10 Å². The highest BCUT2D eigenvalue weighted by Crippen LogP contribution is 2.27. The van der Waals surface area contributed by atoms with Crippen LogP contribution in [-0.4, -0.2) is 30.8 Å². The lowest BCUT2D eigenvalue weighted by molar-refractivity contribution is -0.117. The summed E-state index contributed by atoms with van der Waals surface area (Å²) in [7, 11) is 1.65. The van der Waals surface area contributed by atoms with Gasteiger partial charge in [-0.3, -0.25) is 4.79 Å². The molecular formula is C19H27NO3. The second-order valence-corrected chi connectivity index (χ2v) is 6.34. The molecule has 1 aromatic rings. The topological polar surface area (TPSA) is 58.6 Å². The van der Waals surface area contributed by atoms with Gasteiger partial charge in [0.25, 0.3) is 0 Å². The van der Waals surface area contributed by atoms with Crippen LogP contribution in [0, 0.1) is 5.92 Å². The molecule has 1 aliphatic carbocycles. The van der Waals surface area contributed by atoms with E-state index >= 15 is 0 Å². The number of hydrogen-bond donors (Lipinski definition) is 2. The van der Waals surface area contributed by atoms with Gasteiger partial charge in [-0.15, -0.1) is 0 Å².